The molecule has 0 saturated carbocycles. The molecule has 0 bridgehead atoms. The number of para-hydroxylation sites is 1. The van der Waals surface area contributed by atoms with Gasteiger partial charge in [0.2, 0.25) is 11.0 Å². The van der Waals surface area contributed by atoms with E-state index in [1.165, 1.54) is 17.4 Å². The lowest BCUT2D eigenvalue weighted by atomic mass is 10.1. The first kappa shape index (κ1) is 18.7. The fourth-order valence-corrected chi connectivity index (χ4v) is 3.39. The van der Waals surface area contributed by atoms with Crippen molar-refractivity contribution in [3.63, 3.8) is 0 Å². The summed E-state index contributed by atoms with van der Waals surface area (Å²) in [4.78, 5) is 16.5. The molecule has 144 valence electrons. The predicted octanol–water partition coefficient (Wildman–Crippen LogP) is 4.00. The van der Waals surface area contributed by atoms with Crippen molar-refractivity contribution in [2.24, 2.45) is 0 Å². The van der Waals surface area contributed by atoms with Gasteiger partial charge in [0, 0.05) is 35.8 Å². The number of anilines is 1. The molecule has 0 fully saturated rings. The Morgan fingerprint density at radius 3 is 2.76 bits per heavy atom. The zero-order chi connectivity index (χ0) is 20.1. The molecule has 1 amide bonds. The number of nitrogens with zero attached hydrogens (tertiary/aromatic N) is 5. The quantitative estimate of drug-likeness (QED) is 0.493. The second-order valence-corrected chi connectivity index (χ2v) is 7.19. The number of nitrogens with one attached hydrogen (secondary N) is 1. The van der Waals surface area contributed by atoms with Gasteiger partial charge in [0.25, 0.3) is 0 Å². The first-order chi connectivity index (χ1) is 14.2. The van der Waals surface area contributed by atoms with E-state index < -0.39 is 0 Å². The number of hydrogen-bond acceptors (Lipinski definition) is 6. The van der Waals surface area contributed by atoms with Crippen molar-refractivity contribution in [1.29, 1.82) is 0 Å². The van der Waals surface area contributed by atoms with E-state index >= 15 is 0 Å². The van der Waals surface area contributed by atoms with E-state index in [0.29, 0.717) is 5.13 Å². The minimum Gasteiger partial charge on any atom is -0.297 e. The van der Waals surface area contributed by atoms with Gasteiger partial charge in [0.15, 0.2) is 0 Å². The van der Waals surface area contributed by atoms with Gasteiger partial charge in [0.05, 0.1) is 5.69 Å². The van der Waals surface area contributed by atoms with Crippen LogP contribution in [-0.4, -0.2) is 30.9 Å². The minimum atomic E-state index is -0.270. The van der Waals surface area contributed by atoms with Gasteiger partial charge >= 0.3 is 0 Å². The maximum atomic E-state index is 12.3. The first-order valence-corrected chi connectivity index (χ1v) is 9.91. The zero-order valence-electron chi connectivity index (χ0n) is 15.7. The van der Waals surface area contributed by atoms with Crippen LogP contribution in [0.3, 0.4) is 0 Å². The van der Waals surface area contributed by atoms with Crippen molar-refractivity contribution < 1.29 is 4.79 Å². The number of carbonyl (C=O) groups is 1. The lowest BCUT2D eigenvalue weighted by molar-refractivity contribution is -0.111. The Labute approximate surface area is 171 Å². The second-order valence-electron chi connectivity index (χ2n) is 6.13. The number of aryl methyl sites for hydroxylation is 1. The molecule has 0 unspecified atom stereocenters. The van der Waals surface area contributed by atoms with Gasteiger partial charge in [-0.1, -0.05) is 36.5 Å². The van der Waals surface area contributed by atoms with Crippen molar-refractivity contribution in [3.8, 4) is 16.9 Å². The van der Waals surface area contributed by atoms with Gasteiger partial charge in [0.1, 0.15) is 10.7 Å². The molecule has 1 aromatic carbocycles. The summed E-state index contributed by atoms with van der Waals surface area (Å²) < 4.78 is 1.79. The smallest absolute Gasteiger partial charge is 0.250 e. The third-order valence-corrected chi connectivity index (χ3v) is 5.09. The van der Waals surface area contributed by atoms with Crippen LogP contribution in [0.1, 0.15) is 17.5 Å². The molecule has 4 rings (SSSR count). The molecular formula is C21H18N6OS. The fraction of sp³-hybridized carbons (Fsp3) is 0.0952. The summed E-state index contributed by atoms with van der Waals surface area (Å²) in [6.07, 6.45) is 9.36. The number of amides is 1. The third-order valence-electron chi connectivity index (χ3n) is 4.11. The molecule has 0 aliphatic rings. The highest BCUT2D eigenvalue weighted by atomic mass is 32.1. The number of carbonyl (C=O) groups excluding carboxylic acids is 1. The van der Waals surface area contributed by atoms with Crippen LogP contribution in [0.5, 0.6) is 0 Å². The standard InChI is InChI=1S/C21H18N6OS/c1-2-19-24-25-21(29-19)23-18(28)11-10-16-14-27(17-8-4-3-5-9-17)26-20(16)15-7-6-12-22-13-15/h3-14H,2H2,1H3,(H,23,25,28)/b11-10+. The summed E-state index contributed by atoms with van der Waals surface area (Å²) in [6.45, 7) is 2.00. The van der Waals surface area contributed by atoms with E-state index in [2.05, 4.69) is 20.5 Å². The van der Waals surface area contributed by atoms with E-state index in [-0.39, 0.29) is 5.91 Å². The molecule has 0 saturated heterocycles. The van der Waals surface area contributed by atoms with E-state index in [9.17, 15) is 4.79 Å². The highest BCUT2D eigenvalue weighted by Crippen LogP contribution is 2.24. The van der Waals surface area contributed by atoms with E-state index in [0.717, 1.165) is 33.9 Å². The largest absolute Gasteiger partial charge is 0.297 e. The normalized spacial score (nSPS) is 11.1. The van der Waals surface area contributed by atoms with Gasteiger partial charge < -0.3 is 0 Å². The number of pyridine rings is 1. The molecule has 0 spiro atoms. The summed E-state index contributed by atoms with van der Waals surface area (Å²) in [6, 6.07) is 13.6. The molecule has 4 aromatic rings. The van der Waals surface area contributed by atoms with Gasteiger partial charge in [-0.05, 0) is 36.8 Å². The molecule has 0 aliphatic heterocycles. The summed E-state index contributed by atoms with van der Waals surface area (Å²) in [5.41, 5.74) is 3.36. The third kappa shape index (κ3) is 4.44. The molecule has 3 aromatic heterocycles. The number of benzene rings is 1. The summed E-state index contributed by atoms with van der Waals surface area (Å²) in [5, 5.41) is 16.8. The predicted molar refractivity (Wildman–Crippen MR) is 114 cm³/mol. The molecule has 3 heterocycles. The Hall–Kier alpha value is -3.65. The van der Waals surface area contributed by atoms with Crippen LogP contribution >= 0.6 is 11.3 Å². The Kier molecular flexibility index (Phi) is 5.53. The van der Waals surface area contributed by atoms with Crippen LogP contribution in [0.15, 0.2) is 67.1 Å². The first-order valence-electron chi connectivity index (χ1n) is 9.10. The van der Waals surface area contributed by atoms with Crippen LogP contribution in [-0.2, 0) is 11.2 Å². The molecule has 0 aliphatic carbocycles. The summed E-state index contributed by atoms with van der Waals surface area (Å²) >= 11 is 1.37. The Morgan fingerprint density at radius 2 is 2.03 bits per heavy atom. The van der Waals surface area contributed by atoms with Crippen LogP contribution in [0, 0.1) is 0 Å². The monoisotopic (exact) mass is 402 g/mol. The van der Waals surface area contributed by atoms with Crippen molar-refractivity contribution in [3.05, 3.63) is 77.7 Å². The van der Waals surface area contributed by atoms with Gasteiger partial charge in [-0.3, -0.25) is 15.1 Å². The molecule has 29 heavy (non-hydrogen) atoms. The van der Waals surface area contributed by atoms with Crippen LogP contribution < -0.4 is 5.32 Å². The lowest BCUT2D eigenvalue weighted by Gasteiger charge is -1.99. The van der Waals surface area contributed by atoms with Gasteiger partial charge in [-0.2, -0.15) is 5.10 Å². The van der Waals surface area contributed by atoms with Gasteiger partial charge in [-0.25, -0.2) is 4.68 Å². The zero-order valence-corrected chi connectivity index (χ0v) is 16.5. The van der Waals surface area contributed by atoms with Crippen molar-refractivity contribution in [2.75, 3.05) is 5.32 Å². The molecule has 0 radical (unpaired) electrons. The highest BCUT2D eigenvalue weighted by Gasteiger charge is 2.11. The summed E-state index contributed by atoms with van der Waals surface area (Å²) in [7, 11) is 0. The number of rotatable bonds is 6. The minimum absolute atomic E-state index is 0.270. The summed E-state index contributed by atoms with van der Waals surface area (Å²) in [5.74, 6) is -0.270. The number of hydrogen-bond donors (Lipinski definition) is 1. The van der Waals surface area contributed by atoms with Crippen molar-refractivity contribution in [1.82, 2.24) is 25.0 Å². The Balaban J connectivity index is 1.62. The molecule has 1 N–H and O–H groups in total. The average molecular weight is 402 g/mol. The molecule has 0 atom stereocenters. The Morgan fingerprint density at radius 1 is 1.17 bits per heavy atom. The SMILES string of the molecule is CCc1nnc(NC(=O)/C=C/c2cn(-c3ccccc3)nc2-c2cccnc2)s1. The molecule has 8 heteroatoms. The topological polar surface area (TPSA) is 85.6 Å². The fourth-order valence-electron chi connectivity index (χ4n) is 2.71. The van der Waals surface area contributed by atoms with Crippen LogP contribution in [0.4, 0.5) is 5.13 Å². The molecular weight excluding hydrogens is 384 g/mol. The lowest BCUT2D eigenvalue weighted by Crippen LogP contribution is -2.07. The van der Waals surface area contributed by atoms with E-state index in [4.69, 9.17) is 5.10 Å². The maximum absolute atomic E-state index is 12.3. The van der Waals surface area contributed by atoms with Crippen molar-refractivity contribution in [2.45, 2.75) is 13.3 Å². The second kappa shape index (κ2) is 8.57. The van der Waals surface area contributed by atoms with Crippen molar-refractivity contribution >= 4 is 28.5 Å². The maximum Gasteiger partial charge on any atom is 0.250 e. The van der Waals surface area contributed by atoms with Gasteiger partial charge in [-0.15, -0.1) is 10.2 Å². The van der Waals surface area contributed by atoms with Crippen LogP contribution in [0.25, 0.3) is 23.0 Å². The van der Waals surface area contributed by atoms with E-state index in [1.54, 1.807) is 23.2 Å². The Bertz CT molecular complexity index is 1130. The number of aromatic nitrogens is 5. The average Bonchev–Trinajstić information content (AvgIpc) is 3.40. The van der Waals surface area contributed by atoms with E-state index in [1.807, 2.05) is 55.6 Å². The molecule has 7 nitrogen and oxygen atoms in total. The van der Waals surface area contributed by atoms with Crippen LogP contribution in [0.2, 0.25) is 0 Å². The highest BCUT2D eigenvalue weighted by molar-refractivity contribution is 7.15.